The Kier molecular flexibility index (Phi) is 14.6. The predicted molar refractivity (Wildman–Crippen MR) is 124 cm³/mol. The summed E-state index contributed by atoms with van der Waals surface area (Å²) >= 11 is 0. The lowest BCUT2D eigenvalue weighted by atomic mass is 9.98. The second kappa shape index (κ2) is 16.8. The maximum Gasteiger partial charge on any atom is 0.314 e. The number of allylic oxidation sites excluding steroid dienone is 2. The molecule has 0 fully saturated rings. The molecular formula is C26H42O4. The zero-order valence-electron chi connectivity index (χ0n) is 19.1. The first kappa shape index (κ1) is 26.1. The average Bonchev–Trinajstić information content (AvgIpc) is 2.73. The summed E-state index contributed by atoms with van der Waals surface area (Å²) in [5, 5.41) is 18.8. The lowest BCUT2D eigenvalue weighted by Gasteiger charge is -2.14. The van der Waals surface area contributed by atoms with Gasteiger partial charge in [0.15, 0.2) is 11.5 Å². The molecule has 1 unspecified atom stereocenters. The third-order valence-electron chi connectivity index (χ3n) is 5.56. The molecule has 30 heavy (non-hydrogen) atoms. The van der Waals surface area contributed by atoms with Crippen molar-refractivity contribution in [2.75, 3.05) is 0 Å². The molecule has 0 saturated carbocycles. The second-order valence-corrected chi connectivity index (χ2v) is 8.20. The maximum absolute atomic E-state index is 12.3. The van der Waals surface area contributed by atoms with Gasteiger partial charge >= 0.3 is 5.97 Å². The smallest absolute Gasteiger partial charge is 0.314 e. The minimum absolute atomic E-state index is 0.127. The second-order valence-electron chi connectivity index (χ2n) is 8.20. The van der Waals surface area contributed by atoms with Crippen molar-refractivity contribution < 1.29 is 19.7 Å². The van der Waals surface area contributed by atoms with Crippen molar-refractivity contribution in [3.05, 3.63) is 30.4 Å². The van der Waals surface area contributed by atoms with Crippen molar-refractivity contribution in [1.29, 1.82) is 0 Å². The topological polar surface area (TPSA) is 66.8 Å². The number of ether oxygens (including phenoxy) is 1. The normalized spacial score (nSPS) is 12.3. The van der Waals surface area contributed by atoms with Crippen molar-refractivity contribution >= 4 is 5.97 Å². The van der Waals surface area contributed by atoms with Crippen LogP contribution in [0, 0.1) is 5.92 Å². The van der Waals surface area contributed by atoms with E-state index in [1.54, 1.807) is 0 Å². The molecule has 170 valence electrons. The number of aromatic hydroxyl groups is 2. The number of carbonyl (C=O) groups excluding carboxylic acids is 1. The highest BCUT2D eigenvalue weighted by Gasteiger charge is 2.18. The van der Waals surface area contributed by atoms with E-state index in [1.165, 1.54) is 76.0 Å². The van der Waals surface area contributed by atoms with Gasteiger partial charge in [-0.15, -0.1) is 0 Å². The molecule has 0 spiro atoms. The zero-order chi connectivity index (χ0) is 22.0. The highest BCUT2D eigenvalue weighted by molar-refractivity contribution is 5.75. The quantitative estimate of drug-likeness (QED) is 0.0895. The van der Waals surface area contributed by atoms with E-state index in [2.05, 4.69) is 19.1 Å². The molecule has 0 aliphatic heterocycles. The van der Waals surface area contributed by atoms with Gasteiger partial charge in [0.2, 0.25) is 0 Å². The molecule has 4 nitrogen and oxygen atoms in total. The van der Waals surface area contributed by atoms with Gasteiger partial charge in [0, 0.05) is 6.07 Å². The van der Waals surface area contributed by atoms with E-state index in [0.717, 1.165) is 32.1 Å². The number of phenols is 2. The van der Waals surface area contributed by atoms with Crippen molar-refractivity contribution in [2.45, 2.75) is 104 Å². The van der Waals surface area contributed by atoms with E-state index in [9.17, 15) is 15.0 Å². The molecule has 0 aromatic heterocycles. The Labute approximate surface area is 183 Å². The van der Waals surface area contributed by atoms with Gasteiger partial charge < -0.3 is 14.9 Å². The zero-order valence-corrected chi connectivity index (χ0v) is 19.1. The van der Waals surface area contributed by atoms with Gasteiger partial charge in [-0.05, 0) is 50.7 Å². The summed E-state index contributed by atoms with van der Waals surface area (Å²) in [6, 6.07) is 4.07. The minimum atomic E-state index is -0.283. The molecule has 1 rings (SSSR count). The molecule has 1 aromatic carbocycles. The lowest BCUT2D eigenvalue weighted by Crippen LogP contribution is -2.20. The fourth-order valence-electron chi connectivity index (χ4n) is 3.54. The number of hydrogen-bond donors (Lipinski definition) is 2. The van der Waals surface area contributed by atoms with Crippen LogP contribution >= 0.6 is 0 Å². The SMILES string of the molecule is CCCCCCCCC=CCCCCCCC(CC)C(=O)Oc1ccc(O)c(O)c1. The first-order valence-corrected chi connectivity index (χ1v) is 12.0. The first-order chi connectivity index (χ1) is 14.6. The van der Waals surface area contributed by atoms with Crippen LogP contribution in [0.5, 0.6) is 17.2 Å². The van der Waals surface area contributed by atoms with Gasteiger partial charge in [-0.25, -0.2) is 0 Å². The molecule has 0 heterocycles. The summed E-state index contributed by atoms with van der Waals surface area (Å²) in [5.74, 6) is -0.631. The highest BCUT2D eigenvalue weighted by atomic mass is 16.5. The summed E-state index contributed by atoms with van der Waals surface area (Å²) in [7, 11) is 0. The molecule has 2 N–H and O–H groups in total. The Morgan fingerprint density at radius 3 is 2.07 bits per heavy atom. The first-order valence-electron chi connectivity index (χ1n) is 12.0. The van der Waals surface area contributed by atoms with E-state index in [0.29, 0.717) is 0 Å². The molecule has 0 aliphatic carbocycles. The predicted octanol–water partition coefficient (Wildman–Crippen LogP) is 7.68. The van der Waals surface area contributed by atoms with Gasteiger partial charge in [0.1, 0.15) is 5.75 Å². The van der Waals surface area contributed by atoms with Gasteiger partial charge in [-0.3, -0.25) is 4.79 Å². The van der Waals surface area contributed by atoms with Gasteiger partial charge in [0.05, 0.1) is 5.92 Å². The van der Waals surface area contributed by atoms with Crippen molar-refractivity contribution in [1.82, 2.24) is 0 Å². The van der Waals surface area contributed by atoms with Crippen LogP contribution in [0.3, 0.4) is 0 Å². The van der Waals surface area contributed by atoms with Crippen LogP contribution in [0.25, 0.3) is 0 Å². The Morgan fingerprint density at radius 2 is 1.47 bits per heavy atom. The summed E-state index contributed by atoms with van der Waals surface area (Å²) in [4.78, 5) is 12.3. The van der Waals surface area contributed by atoms with Crippen LogP contribution in [0.1, 0.15) is 104 Å². The van der Waals surface area contributed by atoms with Crippen molar-refractivity contribution in [3.8, 4) is 17.2 Å². The number of hydrogen-bond acceptors (Lipinski definition) is 4. The summed E-state index contributed by atoms with van der Waals surface area (Å²) in [6.07, 6.45) is 21.3. The number of unbranched alkanes of at least 4 members (excludes halogenated alkanes) is 10. The number of rotatable bonds is 17. The number of phenolic OH excluding ortho intramolecular Hbond substituents is 2. The van der Waals surface area contributed by atoms with Gasteiger partial charge in [-0.1, -0.05) is 77.4 Å². The van der Waals surface area contributed by atoms with Crippen molar-refractivity contribution in [2.24, 2.45) is 5.92 Å². The average molecular weight is 419 g/mol. The number of carbonyl (C=O) groups is 1. The van der Waals surface area contributed by atoms with Crippen LogP contribution in [-0.2, 0) is 4.79 Å². The van der Waals surface area contributed by atoms with Crippen LogP contribution < -0.4 is 4.74 Å². The highest BCUT2D eigenvalue weighted by Crippen LogP contribution is 2.29. The van der Waals surface area contributed by atoms with E-state index in [1.807, 2.05) is 6.92 Å². The Balaban J connectivity index is 2.07. The number of esters is 1. The van der Waals surface area contributed by atoms with E-state index in [-0.39, 0.29) is 29.1 Å². The summed E-state index contributed by atoms with van der Waals surface area (Å²) in [5.41, 5.74) is 0. The van der Waals surface area contributed by atoms with Crippen LogP contribution in [0.15, 0.2) is 30.4 Å². The maximum atomic E-state index is 12.3. The van der Waals surface area contributed by atoms with Gasteiger partial charge in [-0.2, -0.15) is 0 Å². The van der Waals surface area contributed by atoms with Gasteiger partial charge in [0.25, 0.3) is 0 Å². The van der Waals surface area contributed by atoms with E-state index >= 15 is 0 Å². The Hall–Kier alpha value is -1.97. The Bertz CT molecular complexity index is 609. The van der Waals surface area contributed by atoms with Crippen LogP contribution in [0.4, 0.5) is 0 Å². The molecule has 0 aliphatic rings. The largest absolute Gasteiger partial charge is 0.504 e. The lowest BCUT2D eigenvalue weighted by molar-refractivity contribution is -0.139. The molecule has 0 amide bonds. The molecule has 4 heteroatoms. The number of benzene rings is 1. The van der Waals surface area contributed by atoms with Crippen LogP contribution in [-0.4, -0.2) is 16.2 Å². The minimum Gasteiger partial charge on any atom is -0.504 e. The third-order valence-corrected chi connectivity index (χ3v) is 5.56. The van der Waals surface area contributed by atoms with Crippen molar-refractivity contribution in [3.63, 3.8) is 0 Å². The van der Waals surface area contributed by atoms with Crippen LogP contribution in [0.2, 0.25) is 0 Å². The molecule has 1 aromatic rings. The molecule has 0 radical (unpaired) electrons. The molecular weight excluding hydrogens is 376 g/mol. The van der Waals surface area contributed by atoms with E-state index in [4.69, 9.17) is 4.74 Å². The molecule has 0 bridgehead atoms. The molecule has 1 atom stereocenters. The summed E-state index contributed by atoms with van der Waals surface area (Å²) < 4.78 is 5.35. The Morgan fingerprint density at radius 1 is 0.867 bits per heavy atom. The summed E-state index contributed by atoms with van der Waals surface area (Å²) in [6.45, 7) is 4.25. The monoisotopic (exact) mass is 418 g/mol. The third kappa shape index (κ3) is 11.9. The molecule has 0 saturated heterocycles. The van der Waals surface area contributed by atoms with E-state index < -0.39 is 0 Å². The fourth-order valence-corrected chi connectivity index (χ4v) is 3.54. The standard InChI is InChI=1S/C26H42O4/c1-3-5-6-7-8-9-10-11-12-13-14-15-16-17-18-22(4-2)26(29)30-23-19-20-24(27)25(28)21-23/h11-12,19-22,27-28H,3-10,13-18H2,1-2H3. The fraction of sp³-hybridized carbons (Fsp3) is 0.654.